The molecule has 0 bridgehead atoms. The minimum atomic E-state index is -3.71. The fraction of sp³-hybridized carbons (Fsp3) is 0.316. The molecule has 1 saturated heterocycles. The summed E-state index contributed by atoms with van der Waals surface area (Å²) >= 11 is 12.2. The van der Waals surface area contributed by atoms with Crippen molar-refractivity contribution < 1.29 is 8.42 Å². The van der Waals surface area contributed by atoms with E-state index in [-0.39, 0.29) is 9.92 Å². The van der Waals surface area contributed by atoms with Crippen LogP contribution in [0.4, 0.5) is 5.82 Å². The number of sulfonamides is 1. The van der Waals surface area contributed by atoms with Gasteiger partial charge in [-0.1, -0.05) is 23.2 Å². The minimum absolute atomic E-state index is 0.0816. The lowest BCUT2D eigenvalue weighted by atomic mass is 10.2. The molecule has 11 heteroatoms. The molecule has 1 aromatic carbocycles. The molecule has 30 heavy (non-hydrogen) atoms. The van der Waals surface area contributed by atoms with Crippen LogP contribution in [0.1, 0.15) is 11.3 Å². The number of hydrogen-bond acceptors (Lipinski definition) is 6. The zero-order valence-electron chi connectivity index (χ0n) is 16.5. The van der Waals surface area contributed by atoms with E-state index >= 15 is 0 Å². The number of nitrogens with zero attached hydrogens (tertiary/aromatic N) is 6. The number of hydrogen-bond donors (Lipinski definition) is 0. The summed E-state index contributed by atoms with van der Waals surface area (Å²) in [6.45, 7) is 5.30. The molecule has 0 amide bonds. The van der Waals surface area contributed by atoms with E-state index in [0.29, 0.717) is 48.4 Å². The maximum absolute atomic E-state index is 13.1. The van der Waals surface area contributed by atoms with Crippen LogP contribution in [0.25, 0.3) is 5.82 Å². The Bertz CT molecular complexity index is 1170. The van der Waals surface area contributed by atoms with Crippen molar-refractivity contribution in [3.8, 4) is 5.82 Å². The Morgan fingerprint density at radius 3 is 2.17 bits per heavy atom. The Balaban J connectivity index is 1.46. The molecule has 3 heterocycles. The summed E-state index contributed by atoms with van der Waals surface area (Å²) in [6, 6.07) is 8.59. The van der Waals surface area contributed by atoms with E-state index in [0.717, 1.165) is 5.69 Å². The van der Waals surface area contributed by atoms with Crippen molar-refractivity contribution in [3.05, 3.63) is 57.8 Å². The van der Waals surface area contributed by atoms with Gasteiger partial charge >= 0.3 is 0 Å². The number of aryl methyl sites for hydroxylation is 2. The third-order valence-electron chi connectivity index (χ3n) is 4.99. The summed E-state index contributed by atoms with van der Waals surface area (Å²) in [6.07, 6.45) is 1.83. The summed E-state index contributed by atoms with van der Waals surface area (Å²) in [4.78, 5) is 2.09. The number of halogens is 2. The summed E-state index contributed by atoms with van der Waals surface area (Å²) in [5.41, 5.74) is 1.57. The van der Waals surface area contributed by atoms with Crippen LogP contribution in [0.15, 0.2) is 41.4 Å². The highest BCUT2D eigenvalue weighted by Crippen LogP contribution is 2.31. The Morgan fingerprint density at radius 2 is 1.57 bits per heavy atom. The molecule has 0 atom stereocenters. The van der Waals surface area contributed by atoms with Crippen LogP contribution in [0.5, 0.6) is 0 Å². The topological polar surface area (TPSA) is 84.2 Å². The van der Waals surface area contributed by atoms with Crippen molar-refractivity contribution in [3.63, 3.8) is 0 Å². The molecule has 1 aliphatic rings. The standard InChI is InChI=1S/C19H20Cl2N6O2S/c1-13-11-17(16(21)12-15(13)20)30(28,29)26-9-7-25(8-10-26)18-3-4-19(23-22-18)27-6-5-14(2)24-27/h3-6,11-12H,7-10H2,1-2H3. The van der Waals surface area contributed by atoms with Crippen molar-refractivity contribution in [2.45, 2.75) is 18.7 Å². The third kappa shape index (κ3) is 4.02. The van der Waals surface area contributed by atoms with Gasteiger partial charge in [0.15, 0.2) is 11.6 Å². The number of rotatable bonds is 4. The van der Waals surface area contributed by atoms with Gasteiger partial charge in [-0.2, -0.15) is 9.40 Å². The second-order valence-electron chi connectivity index (χ2n) is 7.07. The fourth-order valence-corrected chi connectivity index (χ4v) is 5.51. The van der Waals surface area contributed by atoms with Gasteiger partial charge in [-0.15, -0.1) is 10.2 Å². The molecule has 3 aromatic rings. The van der Waals surface area contributed by atoms with E-state index in [4.69, 9.17) is 23.2 Å². The highest BCUT2D eigenvalue weighted by atomic mass is 35.5. The van der Waals surface area contributed by atoms with Gasteiger partial charge in [-0.25, -0.2) is 13.1 Å². The molecule has 2 aromatic heterocycles. The van der Waals surface area contributed by atoms with Crippen molar-refractivity contribution in [2.75, 3.05) is 31.1 Å². The van der Waals surface area contributed by atoms with Gasteiger partial charge in [-0.05, 0) is 49.7 Å². The molecule has 158 valence electrons. The smallest absolute Gasteiger partial charge is 0.244 e. The second kappa shape index (κ2) is 8.14. The predicted molar refractivity (Wildman–Crippen MR) is 116 cm³/mol. The van der Waals surface area contributed by atoms with E-state index in [1.807, 2.05) is 36.2 Å². The fourth-order valence-electron chi connectivity index (χ4n) is 3.28. The van der Waals surface area contributed by atoms with Gasteiger partial charge in [-0.3, -0.25) is 0 Å². The zero-order chi connectivity index (χ0) is 21.5. The number of benzene rings is 1. The van der Waals surface area contributed by atoms with Gasteiger partial charge in [0.05, 0.1) is 10.7 Å². The van der Waals surface area contributed by atoms with Gasteiger partial charge in [0, 0.05) is 37.4 Å². The lowest BCUT2D eigenvalue weighted by Gasteiger charge is -2.34. The van der Waals surface area contributed by atoms with E-state index in [1.54, 1.807) is 11.6 Å². The van der Waals surface area contributed by atoms with Crippen LogP contribution in [-0.4, -0.2) is 58.9 Å². The Hall–Kier alpha value is -2.20. The van der Waals surface area contributed by atoms with Gasteiger partial charge in [0.2, 0.25) is 10.0 Å². The van der Waals surface area contributed by atoms with E-state index in [9.17, 15) is 8.42 Å². The first-order valence-corrected chi connectivity index (χ1v) is 11.5. The van der Waals surface area contributed by atoms with E-state index < -0.39 is 10.0 Å². The molecular weight excluding hydrogens is 447 g/mol. The quantitative estimate of drug-likeness (QED) is 0.587. The second-order valence-corrected chi connectivity index (χ2v) is 9.80. The average Bonchev–Trinajstić information content (AvgIpc) is 3.17. The number of anilines is 1. The molecule has 0 spiro atoms. The number of piperazine rings is 1. The Morgan fingerprint density at radius 1 is 0.900 bits per heavy atom. The zero-order valence-corrected chi connectivity index (χ0v) is 18.8. The van der Waals surface area contributed by atoms with Crippen LogP contribution in [0.3, 0.4) is 0 Å². The first-order chi connectivity index (χ1) is 14.3. The molecule has 0 saturated carbocycles. The third-order valence-corrected chi connectivity index (χ3v) is 7.76. The van der Waals surface area contributed by atoms with Crippen molar-refractivity contribution in [1.29, 1.82) is 0 Å². The monoisotopic (exact) mass is 466 g/mol. The van der Waals surface area contributed by atoms with Crippen LogP contribution in [0, 0.1) is 13.8 Å². The SMILES string of the molecule is Cc1ccn(-c2ccc(N3CCN(S(=O)(=O)c4cc(C)c(Cl)cc4Cl)CC3)nn2)n1. The number of aromatic nitrogens is 4. The molecule has 1 aliphatic heterocycles. The highest BCUT2D eigenvalue weighted by Gasteiger charge is 2.31. The molecule has 0 radical (unpaired) electrons. The molecular formula is C19H20Cl2N6O2S. The molecule has 0 N–H and O–H groups in total. The van der Waals surface area contributed by atoms with Crippen LogP contribution in [-0.2, 0) is 10.0 Å². The van der Waals surface area contributed by atoms with Crippen molar-refractivity contribution in [1.82, 2.24) is 24.3 Å². The van der Waals surface area contributed by atoms with Crippen LogP contribution >= 0.6 is 23.2 Å². The lowest BCUT2D eigenvalue weighted by molar-refractivity contribution is 0.383. The summed E-state index contributed by atoms with van der Waals surface area (Å²) < 4.78 is 29.2. The van der Waals surface area contributed by atoms with Gasteiger partial charge in [0.25, 0.3) is 0 Å². The Labute approximate surface area is 185 Å². The lowest BCUT2D eigenvalue weighted by Crippen LogP contribution is -2.49. The Kier molecular flexibility index (Phi) is 5.71. The summed E-state index contributed by atoms with van der Waals surface area (Å²) in [5.74, 6) is 1.32. The molecule has 8 nitrogen and oxygen atoms in total. The average molecular weight is 467 g/mol. The van der Waals surface area contributed by atoms with Crippen molar-refractivity contribution in [2.24, 2.45) is 0 Å². The maximum Gasteiger partial charge on any atom is 0.244 e. The molecule has 1 fully saturated rings. The van der Waals surface area contributed by atoms with Gasteiger partial charge < -0.3 is 4.90 Å². The first kappa shape index (κ1) is 21.0. The van der Waals surface area contributed by atoms with Gasteiger partial charge in [0.1, 0.15) is 4.90 Å². The highest BCUT2D eigenvalue weighted by molar-refractivity contribution is 7.89. The van der Waals surface area contributed by atoms with Crippen molar-refractivity contribution >= 4 is 39.0 Å². The predicted octanol–water partition coefficient (Wildman–Crippen LogP) is 3.10. The first-order valence-electron chi connectivity index (χ1n) is 9.33. The maximum atomic E-state index is 13.1. The normalized spacial score (nSPS) is 15.5. The minimum Gasteiger partial charge on any atom is -0.352 e. The summed E-state index contributed by atoms with van der Waals surface area (Å²) in [5, 5.41) is 13.4. The van der Waals surface area contributed by atoms with E-state index in [2.05, 4.69) is 15.3 Å². The summed E-state index contributed by atoms with van der Waals surface area (Å²) in [7, 11) is -3.71. The molecule has 0 unspecified atom stereocenters. The van der Waals surface area contributed by atoms with Crippen LogP contribution in [0.2, 0.25) is 10.0 Å². The molecule has 4 rings (SSSR count). The largest absolute Gasteiger partial charge is 0.352 e. The van der Waals surface area contributed by atoms with E-state index in [1.165, 1.54) is 16.4 Å². The molecule has 0 aliphatic carbocycles. The van der Waals surface area contributed by atoms with Crippen LogP contribution < -0.4 is 4.90 Å².